The van der Waals surface area contributed by atoms with E-state index in [1.807, 2.05) is 18.3 Å². The predicted octanol–water partition coefficient (Wildman–Crippen LogP) is 4.42. The maximum absolute atomic E-state index is 4.68. The Kier molecular flexibility index (Phi) is 5.62. The van der Waals surface area contributed by atoms with Crippen LogP contribution < -0.4 is 10.2 Å². The molecule has 0 aliphatic carbocycles. The van der Waals surface area contributed by atoms with Crippen molar-refractivity contribution in [3.63, 3.8) is 0 Å². The minimum absolute atomic E-state index is 0.658. The van der Waals surface area contributed by atoms with Crippen molar-refractivity contribution in [3.8, 4) is 0 Å². The standard InChI is InChI=1S/C21H24N4/c1-3-25(16-18-9-5-4-6-10-18)20-12-13-22-21(24-20)23-15-19-11-7-8-17(2)14-19/h4-14H,3,15-16H2,1-2H3,(H,22,23,24). The summed E-state index contributed by atoms with van der Waals surface area (Å²) < 4.78 is 0. The van der Waals surface area contributed by atoms with Crippen molar-refractivity contribution in [2.24, 2.45) is 0 Å². The van der Waals surface area contributed by atoms with Gasteiger partial charge in [0.25, 0.3) is 0 Å². The second kappa shape index (κ2) is 8.29. The minimum Gasteiger partial charge on any atom is -0.352 e. The van der Waals surface area contributed by atoms with E-state index in [0.29, 0.717) is 5.95 Å². The Morgan fingerprint density at radius 2 is 1.76 bits per heavy atom. The summed E-state index contributed by atoms with van der Waals surface area (Å²) in [4.78, 5) is 11.3. The van der Waals surface area contributed by atoms with E-state index < -0.39 is 0 Å². The SMILES string of the molecule is CCN(Cc1ccccc1)c1ccnc(NCc2cccc(C)c2)n1. The van der Waals surface area contributed by atoms with Crippen LogP contribution in [0.2, 0.25) is 0 Å². The highest BCUT2D eigenvalue weighted by atomic mass is 15.2. The van der Waals surface area contributed by atoms with Crippen molar-refractivity contribution in [2.45, 2.75) is 26.9 Å². The smallest absolute Gasteiger partial charge is 0.224 e. The van der Waals surface area contributed by atoms with Crippen LogP contribution in [-0.2, 0) is 13.1 Å². The quantitative estimate of drug-likeness (QED) is 0.695. The second-order valence-corrected chi connectivity index (χ2v) is 6.08. The van der Waals surface area contributed by atoms with E-state index in [0.717, 1.165) is 25.5 Å². The Morgan fingerprint density at radius 1 is 0.960 bits per heavy atom. The van der Waals surface area contributed by atoms with Crippen LogP contribution in [0.25, 0.3) is 0 Å². The van der Waals surface area contributed by atoms with E-state index >= 15 is 0 Å². The van der Waals surface area contributed by atoms with Gasteiger partial charge in [-0.25, -0.2) is 4.98 Å². The minimum atomic E-state index is 0.658. The number of aromatic nitrogens is 2. The molecule has 0 saturated heterocycles. The first-order chi connectivity index (χ1) is 12.2. The van der Waals surface area contributed by atoms with Gasteiger partial charge < -0.3 is 10.2 Å². The van der Waals surface area contributed by atoms with Gasteiger partial charge in [0.1, 0.15) is 5.82 Å². The first-order valence-corrected chi connectivity index (χ1v) is 8.66. The van der Waals surface area contributed by atoms with Crippen LogP contribution in [0.5, 0.6) is 0 Å². The van der Waals surface area contributed by atoms with Crippen LogP contribution in [0, 0.1) is 6.92 Å². The third-order valence-electron chi connectivity index (χ3n) is 4.10. The molecule has 0 saturated carbocycles. The zero-order valence-electron chi connectivity index (χ0n) is 14.8. The fourth-order valence-electron chi connectivity index (χ4n) is 2.77. The van der Waals surface area contributed by atoms with Crippen LogP contribution in [-0.4, -0.2) is 16.5 Å². The molecule has 1 aromatic heterocycles. The van der Waals surface area contributed by atoms with Gasteiger partial charge in [-0.1, -0.05) is 60.2 Å². The van der Waals surface area contributed by atoms with Gasteiger partial charge in [0, 0.05) is 25.8 Å². The van der Waals surface area contributed by atoms with Crippen molar-refractivity contribution < 1.29 is 0 Å². The van der Waals surface area contributed by atoms with E-state index in [1.54, 1.807) is 0 Å². The van der Waals surface area contributed by atoms with Gasteiger partial charge in [0.15, 0.2) is 0 Å². The average molecular weight is 332 g/mol. The second-order valence-electron chi connectivity index (χ2n) is 6.08. The topological polar surface area (TPSA) is 41.1 Å². The fourth-order valence-corrected chi connectivity index (χ4v) is 2.77. The fraction of sp³-hybridized carbons (Fsp3) is 0.238. The molecule has 1 heterocycles. The van der Waals surface area contributed by atoms with E-state index in [2.05, 4.69) is 82.6 Å². The molecule has 3 aromatic rings. The van der Waals surface area contributed by atoms with Crippen LogP contribution in [0.4, 0.5) is 11.8 Å². The Labute approximate surface area is 149 Å². The first kappa shape index (κ1) is 17.0. The summed E-state index contributed by atoms with van der Waals surface area (Å²) in [7, 11) is 0. The molecule has 0 spiro atoms. The van der Waals surface area contributed by atoms with Gasteiger partial charge in [-0.15, -0.1) is 0 Å². The molecule has 0 unspecified atom stereocenters. The molecule has 0 amide bonds. The number of rotatable bonds is 7. The monoisotopic (exact) mass is 332 g/mol. The van der Waals surface area contributed by atoms with Gasteiger partial charge in [-0.3, -0.25) is 0 Å². The highest BCUT2D eigenvalue weighted by Gasteiger charge is 2.08. The van der Waals surface area contributed by atoms with Crippen LogP contribution in [0.3, 0.4) is 0 Å². The van der Waals surface area contributed by atoms with E-state index in [9.17, 15) is 0 Å². The molecule has 0 aliphatic rings. The van der Waals surface area contributed by atoms with Gasteiger partial charge in [-0.05, 0) is 31.0 Å². The summed E-state index contributed by atoms with van der Waals surface area (Å²) in [5, 5.41) is 3.32. The van der Waals surface area contributed by atoms with Crippen LogP contribution in [0.15, 0.2) is 66.9 Å². The highest BCUT2D eigenvalue weighted by Crippen LogP contribution is 2.16. The third-order valence-corrected chi connectivity index (χ3v) is 4.10. The molecule has 0 fully saturated rings. The molecule has 4 heteroatoms. The molecule has 2 aromatic carbocycles. The number of hydrogen-bond donors (Lipinski definition) is 1. The average Bonchev–Trinajstić information content (AvgIpc) is 2.65. The molecule has 3 rings (SSSR count). The van der Waals surface area contributed by atoms with Gasteiger partial charge in [0.2, 0.25) is 5.95 Å². The molecular formula is C21H24N4. The lowest BCUT2D eigenvalue weighted by Crippen LogP contribution is -2.23. The van der Waals surface area contributed by atoms with Crippen molar-refractivity contribution in [1.82, 2.24) is 9.97 Å². The van der Waals surface area contributed by atoms with Gasteiger partial charge in [0.05, 0.1) is 0 Å². The summed E-state index contributed by atoms with van der Waals surface area (Å²) in [6.07, 6.45) is 1.81. The van der Waals surface area contributed by atoms with Gasteiger partial charge >= 0.3 is 0 Å². The summed E-state index contributed by atoms with van der Waals surface area (Å²) in [5.41, 5.74) is 3.76. The lowest BCUT2D eigenvalue weighted by Gasteiger charge is -2.22. The number of hydrogen-bond acceptors (Lipinski definition) is 4. The summed E-state index contributed by atoms with van der Waals surface area (Å²) in [6.45, 7) is 6.69. The van der Waals surface area contributed by atoms with E-state index in [4.69, 9.17) is 0 Å². The summed E-state index contributed by atoms with van der Waals surface area (Å²) in [5.74, 6) is 1.60. The molecule has 1 N–H and O–H groups in total. The highest BCUT2D eigenvalue weighted by molar-refractivity contribution is 5.43. The van der Waals surface area contributed by atoms with Crippen molar-refractivity contribution in [3.05, 3.63) is 83.6 Å². The first-order valence-electron chi connectivity index (χ1n) is 8.66. The number of benzene rings is 2. The zero-order valence-corrected chi connectivity index (χ0v) is 14.8. The number of aryl methyl sites for hydroxylation is 1. The van der Waals surface area contributed by atoms with Crippen molar-refractivity contribution in [2.75, 3.05) is 16.8 Å². The Balaban J connectivity index is 1.69. The largest absolute Gasteiger partial charge is 0.352 e. The molecule has 0 atom stereocenters. The molecule has 0 aliphatic heterocycles. The molecule has 25 heavy (non-hydrogen) atoms. The maximum Gasteiger partial charge on any atom is 0.224 e. The zero-order chi connectivity index (χ0) is 17.5. The Morgan fingerprint density at radius 3 is 2.52 bits per heavy atom. The Bertz CT molecular complexity index is 802. The third kappa shape index (κ3) is 4.80. The van der Waals surface area contributed by atoms with Crippen molar-refractivity contribution in [1.29, 1.82) is 0 Å². The molecule has 0 radical (unpaired) electrons. The van der Waals surface area contributed by atoms with Crippen molar-refractivity contribution >= 4 is 11.8 Å². The molecular weight excluding hydrogens is 308 g/mol. The van der Waals surface area contributed by atoms with E-state index in [1.165, 1.54) is 16.7 Å². The number of nitrogens with one attached hydrogen (secondary N) is 1. The lowest BCUT2D eigenvalue weighted by atomic mass is 10.1. The molecule has 0 bridgehead atoms. The summed E-state index contributed by atoms with van der Waals surface area (Å²) >= 11 is 0. The maximum atomic E-state index is 4.68. The normalized spacial score (nSPS) is 10.5. The lowest BCUT2D eigenvalue weighted by molar-refractivity contribution is 0.810. The predicted molar refractivity (Wildman–Crippen MR) is 104 cm³/mol. The summed E-state index contributed by atoms with van der Waals surface area (Å²) in [6, 6.07) is 20.9. The molecule has 4 nitrogen and oxygen atoms in total. The molecule has 128 valence electrons. The number of nitrogens with zero attached hydrogens (tertiary/aromatic N) is 3. The van der Waals surface area contributed by atoms with E-state index in [-0.39, 0.29) is 0 Å². The number of anilines is 2. The van der Waals surface area contributed by atoms with Crippen LogP contribution in [0.1, 0.15) is 23.6 Å². The Hall–Kier alpha value is -2.88. The van der Waals surface area contributed by atoms with Gasteiger partial charge in [-0.2, -0.15) is 4.98 Å². The van der Waals surface area contributed by atoms with Crippen LogP contribution >= 0.6 is 0 Å².